The highest BCUT2D eigenvalue weighted by Gasteiger charge is 2.65. The van der Waals surface area contributed by atoms with Crippen molar-refractivity contribution in [2.24, 2.45) is 22.9 Å². The van der Waals surface area contributed by atoms with E-state index in [1.807, 2.05) is 66.7 Å². The minimum absolute atomic E-state index is 0.0177. The van der Waals surface area contributed by atoms with Gasteiger partial charge in [0.1, 0.15) is 30.8 Å². The number of ether oxygens (including phenoxy) is 5. The van der Waals surface area contributed by atoms with Crippen molar-refractivity contribution in [1.29, 1.82) is 0 Å². The lowest BCUT2D eigenvalue weighted by Crippen LogP contribution is -2.70. The fourth-order valence-corrected chi connectivity index (χ4v) is 9.37. The molecule has 1 saturated carbocycles. The third kappa shape index (κ3) is 12.2. The Balaban J connectivity index is 1.52. The number of benzene rings is 3. The number of alkyl halides is 1. The molecule has 14 nitrogen and oxygen atoms in total. The number of hydrogen-bond donors (Lipinski definition) is 4. The summed E-state index contributed by atoms with van der Waals surface area (Å²) in [6.07, 6.45) is 6.92. The highest BCUT2D eigenvalue weighted by atomic mass is 35.5. The van der Waals surface area contributed by atoms with E-state index in [1.165, 1.54) is 0 Å². The van der Waals surface area contributed by atoms with Gasteiger partial charge in [-0.15, -0.1) is 18.2 Å². The summed E-state index contributed by atoms with van der Waals surface area (Å²) in [5.41, 5.74) is 4.07. The highest BCUT2D eigenvalue weighted by Crippen LogP contribution is 2.62. The van der Waals surface area contributed by atoms with Gasteiger partial charge in [-0.05, 0) is 72.4 Å². The number of halogens is 1. The van der Waals surface area contributed by atoms with Gasteiger partial charge in [-0.25, -0.2) is 9.59 Å². The Morgan fingerprint density at radius 2 is 1.66 bits per heavy atom. The Bertz CT molecular complexity index is 2000. The van der Waals surface area contributed by atoms with Gasteiger partial charge in [-0.1, -0.05) is 90.8 Å². The number of unbranched alkanes of at least 4 members (excludes halogenated alkanes) is 2. The number of carbonyl (C=O) groups is 2. The highest BCUT2D eigenvalue weighted by molar-refractivity contribution is 6.18. The minimum atomic E-state index is -1.56. The van der Waals surface area contributed by atoms with Crippen molar-refractivity contribution in [3.8, 4) is 11.5 Å². The number of aliphatic hydroxyl groups is 3. The van der Waals surface area contributed by atoms with Crippen LogP contribution in [-0.4, -0.2) is 109 Å². The number of aliphatic hydroxyl groups excluding tert-OH is 3. The van der Waals surface area contributed by atoms with E-state index in [0.29, 0.717) is 36.5 Å². The van der Waals surface area contributed by atoms with Crippen LogP contribution in [0.15, 0.2) is 108 Å². The van der Waals surface area contributed by atoms with E-state index in [1.54, 1.807) is 23.1 Å². The second-order valence-electron chi connectivity index (χ2n) is 16.1. The number of nitrogens with zero attached hydrogens (tertiary/aromatic N) is 2. The molecule has 64 heavy (non-hydrogen) atoms. The molecule has 6 rings (SSSR count). The van der Waals surface area contributed by atoms with Gasteiger partial charge in [0.25, 0.3) is 0 Å². The summed E-state index contributed by atoms with van der Waals surface area (Å²) in [6, 6.07) is 23.7. The maximum atomic E-state index is 14.3. The van der Waals surface area contributed by atoms with Crippen LogP contribution >= 0.6 is 11.6 Å². The van der Waals surface area contributed by atoms with E-state index in [4.69, 9.17) is 45.3 Å². The van der Waals surface area contributed by atoms with E-state index in [2.05, 4.69) is 18.0 Å². The van der Waals surface area contributed by atoms with Crippen LogP contribution in [0.1, 0.15) is 67.6 Å². The van der Waals surface area contributed by atoms with E-state index >= 15 is 0 Å². The third-order valence-corrected chi connectivity index (χ3v) is 12.2. The minimum Gasteiger partial charge on any atom is -0.459 e. The summed E-state index contributed by atoms with van der Waals surface area (Å²) >= 11 is 6.04. The second kappa shape index (κ2) is 24.9. The van der Waals surface area contributed by atoms with Crippen molar-refractivity contribution >= 4 is 29.5 Å². The van der Waals surface area contributed by atoms with Crippen molar-refractivity contribution in [3.05, 3.63) is 120 Å². The summed E-state index contributed by atoms with van der Waals surface area (Å²) in [5.74, 6) is -1.75. The predicted octanol–water partition coefficient (Wildman–Crippen LogP) is 7.50. The summed E-state index contributed by atoms with van der Waals surface area (Å²) in [6.45, 7) is 4.55. The maximum absolute atomic E-state index is 14.3. The first-order valence-corrected chi connectivity index (χ1v) is 22.8. The fraction of sp³-hybridized carbons (Fsp3) is 0.490. The molecule has 3 aliphatic rings. The van der Waals surface area contributed by atoms with Crippen LogP contribution in [0, 0.1) is 17.8 Å². The Labute approximate surface area is 380 Å². The first kappa shape index (κ1) is 48.5. The molecule has 3 aromatic carbocycles. The molecular weight excluding hydrogens is 842 g/mol. The number of fused-ring (bicyclic) bond motifs is 2. The van der Waals surface area contributed by atoms with Crippen LogP contribution in [0.3, 0.4) is 0 Å². The molecule has 1 heterocycles. The zero-order chi connectivity index (χ0) is 45.2. The SMILES string of the molecule is C=CCO[C@@]12Oc3ccc(OC(=O)NCc4ccccc4)cc3[C@H]3[C@H](CCCCO)[C@@H](CCCCO)C=C(C(=NOCc4ccccc4)C[C@@H]1N(CCOCCO)C(=O)OCCCl)[C@H]32. The average molecular weight is 904 g/mol. The van der Waals surface area contributed by atoms with Crippen molar-refractivity contribution in [1.82, 2.24) is 10.2 Å². The molecule has 15 heteroatoms. The lowest BCUT2D eigenvalue weighted by molar-refractivity contribution is -0.256. The fourth-order valence-electron chi connectivity index (χ4n) is 9.30. The van der Waals surface area contributed by atoms with Gasteiger partial charge in [0.05, 0.1) is 43.9 Å². The van der Waals surface area contributed by atoms with Crippen LogP contribution < -0.4 is 14.8 Å². The van der Waals surface area contributed by atoms with Gasteiger partial charge in [-0.2, -0.15) is 0 Å². The molecule has 0 bridgehead atoms. The Morgan fingerprint density at radius 1 is 0.922 bits per heavy atom. The molecule has 6 atom stereocenters. The van der Waals surface area contributed by atoms with Gasteiger partial charge in [0, 0.05) is 44.2 Å². The largest absolute Gasteiger partial charge is 0.459 e. The number of rotatable bonds is 25. The van der Waals surface area contributed by atoms with Gasteiger partial charge in [-0.3, -0.25) is 4.90 Å². The lowest BCUT2D eigenvalue weighted by atomic mass is 9.55. The van der Waals surface area contributed by atoms with E-state index in [0.717, 1.165) is 41.5 Å². The zero-order valence-corrected chi connectivity index (χ0v) is 37.1. The summed E-state index contributed by atoms with van der Waals surface area (Å²) in [7, 11) is 0. The van der Waals surface area contributed by atoms with Crippen molar-refractivity contribution in [3.63, 3.8) is 0 Å². The Morgan fingerprint density at radius 3 is 2.36 bits per heavy atom. The first-order chi connectivity index (χ1) is 31.4. The van der Waals surface area contributed by atoms with Crippen LogP contribution in [-0.2, 0) is 32.2 Å². The third-order valence-electron chi connectivity index (χ3n) is 12.0. The smallest absolute Gasteiger partial charge is 0.412 e. The average Bonchev–Trinajstić information content (AvgIpc) is 3.31. The predicted molar refractivity (Wildman–Crippen MR) is 242 cm³/mol. The molecular formula is C49H62ClN3O11. The molecule has 1 aliphatic heterocycles. The molecule has 0 saturated heterocycles. The van der Waals surface area contributed by atoms with E-state index in [9.17, 15) is 24.9 Å². The van der Waals surface area contributed by atoms with Crippen LogP contribution in [0.5, 0.6) is 11.5 Å². The van der Waals surface area contributed by atoms with Gasteiger partial charge < -0.3 is 49.2 Å². The quantitative estimate of drug-likeness (QED) is 0.0287. The number of nitrogens with one attached hydrogen (secondary N) is 1. The van der Waals surface area contributed by atoms with Gasteiger partial charge in [0.2, 0.25) is 5.79 Å². The zero-order valence-electron chi connectivity index (χ0n) is 36.4. The molecule has 4 N–H and O–H groups in total. The van der Waals surface area contributed by atoms with Crippen LogP contribution in [0.4, 0.5) is 9.59 Å². The number of carbonyl (C=O) groups excluding carboxylic acids is 2. The topological polar surface area (TPSA) is 178 Å². The molecule has 346 valence electrons. The summed E-state index contributed by atoms with van der Waals surface area (Å²) < 4.78 is 31.6. The standard InChI is InChI=1S/C49H62ClN3O11/c1-2-26-61-49-44(53(22-28-59-29-25-56)48(58)60-27-21-50)32-42(52-62-34-36-15-7-4-8-16-36)40-30-37(17-9-11-23-54)39(18-10-12-24-55)45(46(40)49)41-31-38(19-20-43(41)64-49)63-47(57)51-33-35-13-5-3-6-14-35/h2-8,13-16,19-20,30-31,37,39,44-46,54-56H,1,9-12,17-18,21-29,32-34H2,(H,51,57)/t37-,39+,44-,45+,46+,49+/m0/s1. The first-order valence-electron chi connectivity index (χ1n) is 22.3. The van der Waals surface area contributed by atoms with Crippen molar-refractivity contribution in [2.75, 3.05) is 58.7 Å². The van der Waals surface area contributed by atoms with Crippen LogP contribution in [0.2, 0.25) is 0 Å². The Hall–Kier alpha value is -4.96. The number of hydrogen-bond acceptors (Lipinski definition) is 12. The van der Waals surface area contributed by atoms with Gasteiger partial charge in [0.15, 0.2) is 0 Å². The van der Waals surface area contributed by atoms with Gasteiger partial charge >= 0.3 is 12.2 Å². The number of amides is 2. The second-order valence-corrected chi connectivity index (χ2v) is 16.5. The lowest BCUT2D eigenvalue weighted by Gasteiger charge is -2.59. The Kier molecular flexibility index (Phi) is 18.9. The van der Waals surface area contributed by atoms with Crippen molar-refractivity contribution in [2.45, 2.75) is 75.8 Å². The van der Waals surface area contributed by atoms with Crippen molar-refractivity contribution < 1.29 is 53.4 Å². The van der Waals surface area contributed by atoms with E-state index in [-0.39, 0.29) is 96.0 Å². The number of oxime groups is 1. The summed E-state index contributed by atoms with van der Waals surface area (Å²) in [5, 5.41) is 37.1. The summed E-state index contributed by atoms with van der Waals surface area (Å²) in [4.78, 5) is 35.3. The normalized spacial score (nSPS) is 22.6. The molecule has 2 amide bonds. The maximum Gasteiger partial charge on any atom is 0.412 e. The number of allylic oxidation sites excluding steroid dienone is 1. The molecule has 2 aliphatic carbocycles. The van der Waals surface area contributed by atoms with E-state index < -0.39 is 29.9 Å². The molecule has 3 aromatic rings. The molecule has 0 unspecified atom stereocenters. The monoisotopic (exact) mass is 903 g/mol. The molecule has 0 spiro atoms. The molecule has 0 aromatic heterocycles. The molecule has 1 fully saturated rings. The molecule has 0 radical (unpaired) electrons. The van der Waals surface area contributed by atoms with Crippen LogP contribution in [0.25, 0.3) is 0 Å².